The summed E-state index contributed by atoms with van der Waals surface area (Å²) in [5.74, 6) is 0.307. The van der Waals surface area contributed by atoms with Crippen molar-refractivity contribution in [3.05, 3.63) is 18.3 Å². The van der Waals surface area contributed by atoms with Crippen LogP contribution in [0.5, 0.6) is 5.75 Å². The lowest BCUT2D eigenvalue weighted by Crippen LogP contribution is -2.35. The summed E-state index contributed by atoms with van der Waals surface area (Å²) in [6.07, 6.45) is 6.22. The Morgan fingerprint density at radius 1 is 1.50 bits per heavy atom. The zero-order chi connectivity index (χ0) is 13.0. The van der Waals surface area contributed by atoms with Gasteiger partial charge in [-0.15, -0.1) is 0 Å². The van der Waals surface area contributed by atoms with Crippen LogP contribution >= 0.6 is 0 Å². The topological polar surface area (TPSA) is 88.2 Å². The number of nitrogens with two attached hydrogens (primary N) is 1. The fourth-order valence-corrected chi connectivity index (χ4v) is 2.40. The molecule has 5 nitrogen and oxygen atoms in total. The summed E-state index contributed by atoms with van der Waals surface area (Å²) < 4.78 is 0. The van der Waals surface area contributed by atoms with Crippen LogP contribution in [-0.2, 0) is 4.79 Å². The fraction of sp³-hybridized carbons (Fsp3) is 0.538. The van der Waals surface area contributed by atoms with Crippen molar-refractivity contribution in [2.75, 3.05) is 5.32 Å². The first kappa shape index (κ1) is 12.8. The molecular weight excluding hydrogens is 230 g/mol. The van der Waals surface area contributed by atoms with E-state index in [9.17, 15) is 9.90 Å². The molecule has 0 aliphatic heterocycles. The predicted molar refractivity (Wildman–Crippen MR) is 69.1 cm³/mol. The first-order valence-electron chi connectivity index (χ1n) is 6.36. The zero-order valence-electron chi connectivity index (χ0n) is 10.3. The van der Waals surface area contributed by atoms with Gasteiger partial charge in [0, 0.05) is 18.7 Å². The lowest BCUT2D eigenvalue weighted by molar-refractivity contribution is -0.117. The second kappa shape index (κ2) is 5.82. The summed E-state index contributed by atoms with van der Waals surface area (Å²) in [7, 11) is 0. The molecule has 1 fully saturated rings. The first-order valence-corrected chi connectivity index (χ1v) is 6.36. The minimum atomic E-state index is -0.133. The number of pyridine rings is 1. The van der Waals surface area contributed by atoms with Crippen molar-refractivity contribution in [3.63, 3.8) is 0 Å². The summed E-state index contributed by atoms with van der Waals surface area (Å²) in [6.45, 7) is 0. The molecule has 1 amide bonds. The van der Waals surface area contributed by atoms with Crippen molar-refractivity contribution < 1.29 is 9.90 Å². The van der Waals surface area contributed by atoms with E-state index in [0.717, 1.165) is 25.7 Å². The Morgan fingerprint density at radius 3 is 3.00 bits per heavy atom. The molecule has 0 spiro atoms. The minimum absolute atomic E-state index is 0.0150. The van der Waals surface area contributed by atoms with Crippen molar-refractivity contribution in [2.45, 2.75) is 38.1 Å². The van der Waals surface area contributed by atoms with Gasteiger partial charge in [0.2, 0.25) is 5.91 Å². The number of carbonyl (C=O) groups is 1. The van der Waals surface area contributed by atoms with Gasteiger partial charge in [-0.1, -0.05) is 12.8 Å². The zero-order valence-corrected chi connectivity index (χ0v) is 10.3. The van der Waals surface area contributed by atoms with E-state index in [2.05, 4.69) is 10.3 Å². The summed E-state index contributed by atoms with van der Waals surface area (Å²) in [4.78, 5) is 15.8. The van der Waals surface area contributed by atoms with Crippen LogP contribution in [0.3, 0.4) is 0 Å². The summed E-state index contributed by atoms with van der Waals surface area (Å²) >= 11 is 0. The quantitative estimate of drug-likeness (QED) is 0.759. The molecule has 5 heteroatoms. The molecule has 1 saturated carbocycles. The van der Waals surface area contributed by atoms with E-state index >= 15 is 0 Å². The maximum atomic E-state index is 11.9. The molecule has 2 atom stereocenters. The molecule has 1 aliphatic carbocycles. The summed E-state index contributed by atoms with van der Waals surface area (Å²) in [5, 5.41) is 12.1. The Labute approximate surface area is 106 Å². The molecule has 98 valence electrons. The SMILES string of the molecule is NC1CCCCC1CC(=O)Nc1ncccc1O. The maximum Gasteiger partial charge on any atom is 0.225 e. The normalized spacial score (nSPS) is 23.6. The second-order valence-electron chi connectivity index (χ2n) is 4.83. The number of nitrogens with one attached hydrogen (secondary N) is 1. The number of nitrogens with zero attached hydrogens (tertiary/aromatic N) is 1. The number of hydrogen-bond acceptors (Lipinski definition) is 4. The van der Waals surface area contributed by atoms with Crippen LogP contribution in [-0.4, -0.2) is 22.0 Å². The Kier molecular flexibility index (Phi) is 4.15. The van der Waals surface area contributed by atoms with Gasteiger partial charge in [0.05, 0.1) is 0 Å². The highest BCUT2D eigenvalue weighted by Gasteiger charge is 2.24. The minimum Gasteiger partial charge on any atom is -0.504 e. The van der Waals surface area contributed by atoms with Gasteiger partial charge in [-0.3, -0.25) is 4.79 Å². The van der Waals surface area contributed by atoms with Crippen LogP contribution in [0.2, 0.25) is 0 Å². The van der Waals surface area contributed by atoms with Crippen molar-refractivity contribution in [3.8, 4) is 5.75 Å². The third-order valence-corrected chi connectivity index (χ3v) is 3.46. The average molecular weight is 249 g/mol. The lowest BCUT2D eigenvalue weighted by atomic mass is 9.83. The molecule has 2 rings (SSSR count). The average Bonchev–Trinajstić information content (AvgIpc) is 2.35. The number of aromatic nitrogens is 1. The van der Waals surface area contributed by atoms with E-state index in [0.29, 0.717) is 6.42 Å². The van der Waals surface area contributed by atoms with E-state index in [1.807, 2.05) is 0 Å². The van der Waals surface area contributed by atoms with Crippen LogP contribution in [0, 0.1) is 5.92 Å². The molecule has 0 aromatic carbocycles. The molecular formula is C13H19N3O2. The van der Waals surface area contributed by atoms with Crippen molar-refractivity contribution in [1.29, 1.82) is 0 Å². The second-order valence-corrected chi connectivity index (χ2v) is 4.83. The van der Waals surface area contributed by atoms with E-state index in [4.69, 9.17) is 5.73 Å². The molecule has 0 radical (unpaired) electrons. The third kappa shape index (κ3) is 3.20. The van der Waals surface area contributed by atoms with Crippen LogP contribution in [0.4, 0.5) is 5.82 Å². The standard InChI is InChI=1S/C13H19N3O2/c14-10-5-2-1-4-9(10)8-12(18)16-13-11(17)6-3-7-15-13/h3,6-7,9-10,17H,1-2,4-5,8,14H2,(H,15,16,18). The lowest BCUT2D eigenvalue weighted by Gasteiger charge is -2.27. The van der Waals surface area contributed by atoms with Gasteiger partial charge in [0.15, 0.2) is 11.6 Å². The molecule has 1 heterocycles. The number of aromatic hydroxyl groups is 1. The summed E-state index contributed by atoms with van der Waals surface area (Å²) in [5.41, 5.74) is 6.01. The number of rotatable bonds is 3. The monoisotopic (exact) mass is 249 g/mol. The van der Waals surface area contributed by atoms with E-state index < -0.39 is 0 Å². The molecule has 1 aromatic heterocycles. The van der Waals surface area contributed by atoms with Crippen LogP contribution in [0.1, 0.15) is 32.1 Å². The number of hydrogen-bond donors (Lipinski definition) is 3. The smallest absolute Gasteiger partial charge is 0.225 e. The highest BCUT2D eigenvalue weighted by molar-refractivity contribution is 5.91. The van der Waals surface area contributed by atoms with Gasteiger partial charge >= 0.3 is 0 Å². The largest absolute Gasteiger partial charge is 0.504 e. The van der Waals surface area contributed by atoms with E-state index in [-0.39, 0.29) is 29.4 Å². The molecule has 0 saturated heterocycles. The van der Waals surface area contributed by atoms with Gasteiger partial charge in [0.25, 0.3) is 0 Å². The Bertz CT molecular complexity index is 422. The van der Waals surface area contributed by atoms with E-state index in [1.54, 1.807) is 6.07 Å². The fourth-order valence-electron chi connectivity index (χ4n) is 2.40. The molecule has 1 aromatic rings. The number of anilines is 1. The highest BCUT2D eigenvalue weighted by atomic mass is 16.3. The van der Waals surface area contributed by atoms with Crippen molar-refractivity contribution in [2.24, 2.45) is 11.7 Å². The highest BCUT2D eigenvalue weighted by Crippen LogP contribution is 2.26. The molecule has 18 heavy (non-hydrogen) atoms. The van der Waals surface area contributed by atoms with Gasteiger partial charge < -0.3 is 16.2 Å². The third-order valence-electron chi connectivity index (χ3n) is 3.46. The van der Waals surface area contributed by atoms with Crippen LogP contribution in [0.15, 0.2) is 18.3 Å². The van der Waals surface area contributed by atoms with Gasteiger partial charge in [-0.25, -0.2) is 4.98 Å². The van der Waals surface area contributed by atoms with Gasteiger partial charge in [-0.2, -0.15) is 0 Å². The van der Waals surface area contributed by atoms with Gasteiger partial charge in [0.1, 0.15) is 0 Å². The van der Waals surface area contributed by atoms with Crippen LogP contribution in [0.25, 0.3) is 0 Å². The number of carbonyl (C=O) groups excluding carboxylic acids is 1. The Morgan fingerprint density at radius 2 is 2.28 bits per heavy atom. The maximum absolute atomic E-state index is 11.9. The Balaban J connectivity index is 1.90. The molecule has 1 aliphatic rings. The Hall–Kier alpha value is -1.62. The van der Waals surface area contributed by atoms with Crippen LogP contribution < -0.4 is 11.1 Å². The first-order chi connectivity index (χ1) is 8.66. The van der Waals surface area contributed by atoms with Gasteiger partial charge in [-0.05, 0) is 30.9 Å². The van der Waals surface area contributed by atoms with Crippen molar-refractivity contribution in [1.82, 2.24) is 4.98 Å². The molecule has 2 unspecified atom stereocenters. The predicted octanol–water partition coefficient (Wildman–Crippen LogP) is 1.63. The molecule has 0 bridgehead atoms. The summed E-state index contributed by atoms with van der Waals surface area (Å²) in [6, 6.07) is 3.22. The van der Waals surface area contributed by atoms with E-state index in [1.165, 1.54) is 12.3 Å². The molecule has 4 N–H and O–H groups in total. The van der Waals surface area contributed by atoms with Crippen molar-refractivity contribution >= 4 is 11.7 Å². The number of amides is 1.